The van der Waals surface area contributed by atoms with Crippen LogP contribution in [-0.2, 0) is 9.59 Å². The van der Waals surface area contributed by atoms with Gasteiger partial charge in [-0.25, -0.2) is 0 Å². The van der Waals surface area contributed by atoms with Gasteiger partial charge in [0, 0.05) is 32.1 Å². The molecule has 1 heterocycles. The van der Waals surface area contributed by atoms with E-state index in [1.54, 1.807) is 19.0 Å². The van der Waals surface area contributed by atoms with Crippen LogP contribution in [0.1, 0.15) is 12.0 Å². The van der Waals surface area contributed by atoms with Crippen LogP contribution in [0.4, 0.5) is 0 Å². The summed E-state index contributed by atoms with van der Waals surface area (Å²) in [5.41, 5.74) is 1.15. The highest BCUT2D eigenvalue weighted by Gasteiger charge is 2.29. The lowest BCUT2D eigenvalue weighted by molar-refractivity contribution is -0.131. The van der Waals surface area contributed by atoms with Crippen LogP contribution in [0.5, 0.6) is 0 Å². The number of nitrogens with one attached hydrogen (secondary N) is 1. The van der Waals surface area contributed by atoms with Gasteiger partial charge in [0.15, 0.2) is 0 Å². The molecule has 0 saturated carbocycles. The Labute approximate surface area is 153 Å². The first-order valence-corrected chi connectivity index (χ1v) is 9.43. The van der Waals surface area contributed by atoms with Gasteiger partial charge < -0.3 is 15.3 Å². The molecular weight excluding hydrogens is 338 g/mol. The van der Waals surface area contributed by atoms with E-state index in [4.69, 9.17) is 0 Å². The zero-order valence-corrected chi connectivity index (χ0v) is 15.9. The van der Waals surface area contributed by atoms with E-state index in [1.807, 2.05) is 36.1 Å². The van der Waals surface area contributed by atoms with Crippen LogP contribution in [0.15, 0.2) is 29.2 Å². The molecule has 138 valence electrons. The number of likely N-dealkylation sites (tertiary alicyclic amines) is 1. The van der Waals surface area contributed by atoms with E-state index in [0.717, 1.165) is 10.5 Å². The fourth-order valence-electron chi connectivity index (χ4n) is 2.75. The summed E-state index contributed by atoms with van der Waals surface area (Å²) in [5, 5.41) is 13.2. The molecule has 0 spiro atoms. The maximum absolute atomic E-state index is 12.2. The molecule has 1 aromatic rings. The first-order valence-electron chi connectivity index (χ1n) is 8.45. The van der Waals surface area contributed by atoms with Crippen LogP contribution in [0.2, 0.25) is 0 Å². The molecule has 2 rings (SSSR count). The molecule has 0 radical (unpaired) electrons. The van der Waals surface area contributed by atoms with Crippen LogP contribution >= 0.6 is 11.8 Å². The summed E-state index contributed by atoms with van der Waals surface area (Å²) in [6, 6.07) is 7.71. The van der Waals surface area contributed by atoms with Crippen LogP contribution in [0.3, 0.4) is 0 Å². The first-order chi connectivity index (χ1) is 11.9. The van der Waals surface area contributed by atoms with Crippen molar-refractivity contribution in [2.45, 2.75) is 30.4 Å². The Balaban J connectivity index is 1.76. The number of β-amino-alcohol motifs (C(OH)–C–C–N with tert-alkyl or cyclic N) is 1. The van der Waals surface area contributed by atoms with E-state index < -0.39 is 6.10 Å². The summed E-state index contributed by atoms with van der Waals surface area (Å²) < 4.78 is 0. The van der Waals surface area contributed by atoms with Crippen molar-refractivity contribution in [3.05, 3.63) is 29.8 Å². The SMILES string of the molecule is Cc1ccccc1SCC(=O)N[C@@H]1CCN(CC(=O)N(C)C)C[C@H]1O. The topological polar surface area (TPSA) is 72.9 Å². The summed E-state index contributed by atoms with van der Waals surface area (Å²) in [6.07, 6.45) is -0.0149. The van der Waals surface area contributed by atoms with Gasteiger partial charge in [0.1, 0.15) is 0 Å². The summed E-state index contributed by atoms with van der Waals surface area (Å²) in [4.78, 5) is 28.5. The van der Waals surface area contributed by atoms with Gasteiger partial charge in [-0.3, -0.25) is 14.5 Å². The number of thioether (sulfide) groups is 1. The van der Waals surface area contributed by atoms with Gasteiger partial charge in [-0.15, -0.1) is 11.8 Å². The van der Waals surface area contributed by atoms with Crippen LogP contribution in [-0.4, -0.2) is 78.3 Å². The zero-order valence-electron chi connectivity index (χ0n) is 15.1. The molecule has 2 amide bonds. The number of hydrogen-bond donors (Lipinski definition) is 2. The van der Waals surface area contributed by atoms with Crippen molar-refractivity contribution in [2.24, 2.45) is 0 Å². The number of likely N-dealkylation sites (N-methyl/N-ethyl adjacent to an activating group) is 1. The number of aryl methyl sites for hydroxylation is 1. The molecule has 2 N–H and O–H groups in total. The number of amides is 2. The monoisotopic (exact) mass is 365 g/mol. The lowest BCUT2D eigenvalue weighted by Gasteiger charge is -2.36. The molecule has 1 aliphatic rings. The van der Waals surface area contributed by atoms with Crippen molar-refractivity contribution in [3.63, 3.8) is 0 Å². The van der Waals surface area contributed by atoms with Crippen LogP contribution in [0.25, 0.3) is 0 Å². The van der Waals surface area contributed by atoms with Gasteiger partial charge in [0.25, 0.3) is 0 Å². The Morgan fingerprint density at radius 2 is 2.08 bits per heavy atom. The van der Waals surface area contributed by atoms with Crippen LogP contribution < -0.4 is 5.32 Å². The van der Waals surface area contributed by atoms with E-state index >= 15 is 0 Å². The standard InChI is InChI=1S/C18H27N3O3S/c1-13-6-4-5-7-16(13)25-12-17(23)19-14-8-9-21(10-15(14)22)11-18(24)20(2)3/h4-7,14-15,22H,8-12H2,1-3H3,(H,19,23)/t14-,15-/m1/s1. The fraction of sp³-hybridized carbons (Fsp3) is 0.556. The number of aliphatic hydroxyl groups excluding tert-OH is 1. The van der Waals surface area contributed by atoms with Gasteiger partial charge in [0.05, 0.1) is 24.4 Å². The Morgan fingerprint density at radius 1 is 1.36 bits per heavy atom. The molecule has 1 fully saturated rings. The summed E-state index contributed by atoms with van der Waals surface area (Å²) in [7, 11) is 3.44. The predicted octanol–water partition coefficient (Wildman–Crippen LogP) is 0.727. The Hall–Kier alpha value is -1.57. The zero-order chi connectivity index (χ0) is 18.4. The number of piperidine rings is 1. The lowest BCUT2D eigenvalue weighted by Crippen LogP contribution is -2.55. The molecule has 7 heteroatoms. The van der Waals surface area contributed by atoms with E-state index in [-0.39, 0.29) is 17.9 Å². The number of hydrogen-bond acceptors (Lipinski definition) is 5. The molecule has 6 nitrogen and oxygen atoms in total. The van der Waals surface area contributed by atoms with Crippen molar-refractivity contribution < 1.29 is 14.7 Å². The third-order valence-electron chi connectivity index (χ3n) is 4.32. The highest BCUT2D eigenvalue weighted by molar-refractivity contribution is 8.00. The molecule has 1 saturated heterocycles. The number of benzene rings is 1. The Bertz CT molecular complexity index is 609. The van der Waals surface area contributed by atoms with Crippen molar-refractivity contribution >= 4 is 23.6 Å². The number of carbonyl (C=O) groups is 2. The normalized spacial score (nSPS) is 21.0. The summed E-state index contributed by atoms with van der Waals surface area (Å²) in [6.45, 7) is 3.41. The minimum Gasteiger partial charge on any atom is -0.390 e. The lowest BCUT2D eigenvalue weighted by atomic mass is 10.0. The number of nitrogens with zero attached hydrogens (tertiary/aromatic N) is 2. The third-order valence-corrected chi connectivity index (χ3v) is 5.50. The minimum absolute atomic E-state index is 0.0179. The molecule has 0 bridgehead atoms. The molecule has 25 heavy (non-hydrogen) atoms. The van der Waals surface area contributed by atoms with Crippen molar-refractivity contribution in [3.8, 4) is 0 Å². The van der Waals surface area contributed by atoms with E-state index in [2.05, 4.69) is 5.32 Å². The van der Waals surface area contributed by atoms with E-state index in [9.17, 15) is 14.7 Å². The average Bonchev–Trinajstić information content (AvgIpc) is 2.56. The molecule has 1 aliphatic heterocycles. The Kier molecular flexibility index (Phi) is 7.28. The number of rotatable bonds is 6. The van der Waals surface area contributed by atoms with Gasteiger partial charge in [0.2, 0.25) is 11.8 Å². The predicted molar refractivity (Wildman–Crippen MR) is 99.6 cm³/mol. The van der Waals surface area contributed by atoms with Crippen molar-refractivity contribution in [1.29, 1.82) is 0 Å². The minimum atomic E-state index is -0.656. The largest absolute Gasteiger partial charge is 0.390 e. The Morgan fingerprint density at radius 3 is 2.72 bits per heavy atom. The highest BCUT2D eigenvalue weighted by atomic mass is 32.2. The highest BCUT2D eigenvalue weighted by Crippen LogP contribution is 2.21. The van der Waals surface area contributed by atoms with Crippen molar-refractivity contribution in [2.75, 3.05) is 39.5 Å². The maximum Gasteiger partial charge on any atom is 0.236 e. The molecule has 2 atom stereocenters. The second-order valence-corrected chi connectivity index (χ2v) is 7.62. The first kappa shape index (κ1) is 19.8. The molecule has 0 unspecified atom stereocenters. The summed E-state index contributed by atoms with van der Waals surface area (Å²) in [5.74, 6) is 0.274. The van der Waals surface area contributed by atoms with E-state index in [0.29, 0.717) is 31.8 Å². The number of carbonyl (C=O) groups excluding carboxylic acids is 2. The second-order valence-electron chi connectivity index (χ2n) is 6.61. The summed E-state index contributed by atoms with van der Waals surface area (Å²) >= 11 is 1.50. The van der Waals surface area contributed by atoms with Crippen LogP contribution in [0, 0.1) is 6.92 Å². The quantitative estimate of drug-likeness (QED) is 0.727. The smallest absolute Gasteiger partial charge is 0.236 e. The molecule has 0 aliphatic carbocycles. The van der Waals surface area contributed by atoms with E-state index in [1.165, 1.54) is 11.8 Å². The third kappa shape index (κ3) is 6.02. The van der Waals surface area contributed by atoms with Gasteiger partial charge in [-0.1, -0.05) is 18.2 Å². The molecule has 1 aromatic carbocycles. The van der Waals surface area contributed by atoms with Gasteiger partial charge in [-0.2, -0.15) is 0 Å². The van der Waals surface area contributed by atoms with Crippen molar-refractivity contribution in [1.82, 2.24) is 15.1 Å². The molecular formula is C18H27N3O3S. The number of aliphatic hydroxyl groups is 1. The van der Waals surface area contributed by atoms with Gasteiger partial charge >= 0.3 is 0 Å². The van der Waals surface area contributed by atoms with Gasteiger partial charge in [-0.05, 0) is 25.0 Å². The average molecular weight is 365 g/mol. The fourth-order valence-corrected chi connectivity index (χ4v) is 3.59. The maximum atomic E-state index is 12.2. The second kappa shape index (κ2) is 9.22. The molecule has 0 aromatic heterocycles.